The molecule has 152 valence electrons. The van der Waals surface area contributed by atoms with Crippen molar-refractivity contribution < 1.29 is 14.3 Å². The topological polar surface area (TPSA) is 52.5 Å². The van der Waals surface area contributed by atoms with Gasteiger partial charge in [-0.05, 0) is 58.2 Å². The van der Waals surface area contributed by atoms with E-state index < -0.39 is 0 Å². The highest BCUT2D eigenvalue weighted by molar-refractivity contribution is 9.11. The van der Waals surface area contributed by atoms with Gasteiger partial charge in [-0.15, -0.1) is 11.3 Å². The van der Waals surface area contributed by atoms with Crippen molar-refractivity contribution >= 4 is 43.4 Å². The zero-order valence-electron chi connectivity index (χ0n) is 16.3. The third-order valence-electron chi connectivity index (χ3n) is 5.14. The summed E-state index contributed by atoms with van der Waals surface area (Å²) in [7, 11) is 0. The summed E-state index contributed by atoms with van der Waals surface area (Å²) in [6, 6.07) is 18.2. The number of aromatic nitrogens is 1. The minimum absolute atomic E-state index is 0.0979. The summed E-state index contributed by atoms with van der Waals surface area (Å²) in [5.41, 5.74) is 5.06. The first-order valence-corrected chi connectivity index (χ1v) is 11.2. The van der Waals surface area contributed by atoms with Crippen molar-refractivity contribution in [2.24, 2.45) is 0 Å². The van der Waals surface area contributed by atoms with Crippen molar-refractivity contribution in [2.75, 3.05) is 6.79 Å². The lowest BCUT2D eigenvalue weighted by Gasteiger charge is -2.12. The standard InChI is InChI=1S/C23H19BrN2O3S/c1-14-2-4-15(5-3-14)12-26-17-10-22(24)30-21(17)9-18(26)23(27)25-11-16-6-7-19-20(8-16)29-13-28-19/h2-10H,11-13H2,1H3,(H,25,27). The summed E-state index contributed by atoms with van der Waals surface area (Å²) in [6.07, 6.45) is 0. The van der Waals surface area contributed by atoms with E-state index in [9.17, 15) is 4.79 Å². The molecule has 0 atom stereocenters. The van der Waals surface area contributed by atoms with E-state index in [-0.39, 0.29) is 12.7 Å². The second-order valence-electron chi connectivity index (χ2n) is 7.27. The Hall–Kier alpha value is -2.77. The lowest BCUT2D eigenvalue weighted by atomic mass is 10.1. The molecule has 4 aromatic rings. The van der Waals surface area contributed by atoms with Gasteiger partial charge in [0.1, 0.15) is 5.69 Å². The Morgan fingerprint density at radius 1 is 1.07 bits per heavy atom. The number of carbonyl (C=O) groups is 1. The monoisotopic (exact) mass is 482 g/mol. The first-order valence-electron chi connectivity index (χ1n) is 9.58. The summed E-state index contributed by atoms with van der Waals surface area (Å²) in [6.45, 7) is 3.37. The maximum atomic E-state index is 13.1. The molecule has 1 N–H and O–H groups in total. The van der Waals surface area contributed by atoms with E-state index in [1.807, 2.05) is 24.3 Å². The van der Waals surface area contributed by atoms with Crippen LogP contribution in [0, 0.1) is 6.92 Å². The molecule has 2 aromatic heterocycles. The second kappa shape index (κ2) is 7.81. The van der Waals surface area contributed by atoms with Crippen LogP contribution in [0.1, 0.15) is 27.2 Å². The van der Waals surface area contributed by atoms with Crippen LogP contribution in [0.2, 0.25) is 0 Å². The fourth-order valence-electron chi connectivity index (χ4n) is 3.57. The Morgan fingerprint density at radius 3 is 2.67 bits per heavy atom. The number of hydrogen-bond donors (Lipinski definition) is 1. The average molecular weight is 483 g/mol. The van der Waals surface area contributed by atoms with Crippen LogP contribution in [0.25, 0.3) is 10.2 Å². The van der Waals surface area contributed by atoms with Gasteiger partial charge in [0.15, 0.2) is 11.5 Å². The van der Waals surface area contributed by atoms with Crippen LogP contribution >= 0.6 is 27.3 Å². The number of ether oxygens (including phenoxy) is 2. The number of carbonyl (C=O) groups excluding carboxylic acids is 1. The van der Waals surface area contributed by atoms with Crippen molar-refractivity contribution in [1.82, 2.24) is 9.88 Å². The van der Waals surface area contributed by atoms with Gasteiger partial charge in [-0.3, -0.25) is 4.79 Å². The molecule has 0 saturated carbocycles. The Morgan fingerprint density at radius 2 is 1.83 bits per heavy atom. The highest BCUT2D eigenvalue weighted by Gasteiger charge is 2.19. The van der Waals surface area contributed by atoms with Gasteiger partial charge in [0.2, 0.25) is 6.79 Å². The largest absolute Gasteiger partial charge is 0.454 e. The number of rotatable bonds is 5. The lowest BCUT2D eigenvalue weighted by Crippen LogP contribution is -2.25. The van der Waals surface area contributed by atoms with Crippen LogP contribution in [-0.2, 0) is 13.1 Å². The number of nitrogens with one attached hydrogen (secondary N) is 1. The maximum Gasteiger partial charge on any atom is 0.268 e. The Kier molecular flexibility index (Phi) is 5.00. The molecule has 5 rings (SSSR count). The van der Waals surface area contributed by atoms with E-state index >= 15 is 0 Å². The predicted octanol–water partition coefficient (Wildman–Crippen LogP) is 5.48. The Bertz CT molecular complexity index is 1240. The van der Waals surface area contributed by atoms with E-state index in [4.69, 9.17) is 9.47 Å². The zero-order valence-corrected chi connectivity index (χ0v) is 18.7. The number of benzene rings is 2. The molecule has 1 amide bonds. The third-order valence-corrected chi connectivity index (χ3v) is 6.72. The highest BCUT2D eigenvalue weighted by atomic mass is 79.9. The number of hydrogen-bond acceptors (Lipinski definition) is 4. The van der Waals surface area contributed by atoms with E-state index in [2.05, 4.69) is 63.1 Å². The van der Waals surface area contributed by atoms with Crippen molar-refractivity contribution in [3.05, 3.63) is 80.8 Å². The number of nitrogens with zero attached hydrogens (tertiary/aromatic N) is 1. The average Bonchev–Trinajstić information content (AvgIpc) is 3.42. The first-order chi connectivity index (χ1) is 14.6. The number of aryl methyl sites for hydroxylation is 1. The summed E-state index contributed by atoms with van der Waals surface area (Å²) in [4.78, 5) is 13.1. The number of thiophene rings is 1. The van der Waals surface area contributed by atoms with Crippen molar-refractivity contribution in [3.8, 4) is 11.5 Å². The van der Waals surface area contributed by atoms with Crippen molar-refractivity contribution in [3.63, 3.8) is 0 Å². The van der Waals surface area contributed by atoms with E-state index in [0.29, 0.717) is 18.8 Å². The molecule has 0 fully saturated rings. The highest BCUT2D eigenvalue weighted by Crippen LogP contribution is 2.34. The molecule has 0 radical (unpaired) electrons. The van der Waals surface area contributed by atoms with Gasteiger partial charge < -0.3 is 19.4 Å². The molecule has 30 heavy (non-hydrogen) atoms. The van der Waals surface area contributed by atoms with Gasteiger partial charge in [-0.25, -0.2) is 0 Å². The molecular weight excluding hydrogens is 464 g/mol. The minimum Gasteiger partial charge on any atom is -0.454 e. The Labute approximate surface area is 186 Å². The molecule has 1 aliphatic rings. The maximum absolute atomic E-state index is 13.1. The summed E-state index contributed by atoms with van der Waals surface area (Å²) >= 11 is 5.19. The van der Waals surface area contributed by atoms with Gasteiger partial charge in [0.25, 0.3) is 5.91 Å². The fraction of sp³-hybridized carbons (Fsp3) is 0.174. The SMILES string of the molecule is Cc1ccc(Cn2c(C(=O)NCc3ccc4c(c3)OCO4)cc3sc(Br)cc32)cc1. The predicted molar refractivity (Wildman–Crippen MR) is 122 cm³/mol. The molecule has 2 aromatic carbocycles. The van der Waals surface area contributed by atoms with Crippen molar-refractivity contribution in [1.29, 1.82) is 0 Å². The molecule has 0 saturated heterocycles. The van der Waals surface area contributed by atoms with Gasteiger partial charge >= 0.3 is 0 Å². The van der Waals surface area contributed by atoms with Gasteiger partial charge in [0.05, 0.1) is 14.0 Å². The molecule has 0 spiro atoms. The third kappa shape index (κ3) is 3.70. The summed E-state index contributed by atoms with van der Waals surface area (Å²) < 4.78 is 15.0. The lowest BCUT2D eigenvalue weighted by molar-refractivity contribution is 0.0942. The van der Waals surface area contributed by atoms with Crippen molar-refractivity contribution in [2.45, 2.75) is 20.0 Å². The van der Waals surface area contributed by atoms with E-state index in [1.165, 1.54) is 5.56 Å². The number of amides is 1. The fourth-order valence-corrected chi connectivity index (χ4v) is 5.13. The molecule has 5 nitrogen and oxygen atoms in total. The van der Waals surface area contributed by atoms with E-state index in [0.717, 1.165) is 36.6 Å². The van der Waals surface area contributed by atoms with Gasteiger partial charge in [-0.2, -0.15) is 0 Å². The quantitative estimate of drug-likeness (QED) is 0.409. The molecular formula is C23H19BrN2O3S. The van der Waals surface area contributed by atoms with Gasteiger partial charge in [-0.1, -0.05) is 35.9 Å². The molecule has 0 bridgehead atoms. The smallest absolute Gasteiger partial charge is 0.268 e. The molecule has 3 heterocycles. The van der Waals surface area contributed by atoms with Crippen LogP contribution in [-0.4, -0.2) is 17.3 Å². The van der Waals surface area contributed by atoms with E-state index in [1.54, 1.807) is 11.3 Å². The molecule has 0 aliphatic carbocycles. The minimum atomic E-state index is -0.0979. The Balaban J connectivity index is 1.40. The van der Waals surface area contributed by atoms with Crippen LogP contribution < -0.4 is 14.8 Å². The van der Waals surface area contributed by atoms with Crippen LogP contribution in [0.5, 0.6) is 11.5 Å². The number of fused-ring (bicyclic) bond motifs is 2. The normalized spacial score (nSPS) is 12.5. The molecule has 1 aliphatic heterocycles. The molecule has 0 unspecified atom stereocenters. The number of halogens is 1. The van der Waals surface area contributed by atoms with Crippen LogP contribution in [0.4, 0.5) is 0 Å². The molecule has 7 heteroatoms. The summed E-state index contributed by atoms with van der Waals surface area (Å²) in [5, 5.41) is 3.04. The first kappa shape index (κ1) is 19.2. The van der Waals surface area contributed by atoms with Crippen LogP contribution in [0.15, 0.2) is 58.4 Å². The zero-order chi connectivity index (χ0) is 20.7. The second-order valence-corrected chi connectivity index (χ2v) is 9.73. The summed E-state index contributed by atoms with van der Waals surface area (Å²) in [5.74, 6) is 1.36. The van der Waals surface area contributed by atoms with Crippen LogP contribution in [0.3, 0.4) is 0 Å². The van der Waals surface area contributed by atoms with Gasteiger partial charge in [0, 0.05) is 13.1 Å².